The molecule has 0 atom stereocenters. The Hall–Kier alpha value is -3.13. The average molecular weight is 540 g/mol. The molecule has 4 rings (SSSR count). The van der Waals surface area contributed by atoms with Crippen molar-refractivity contribution in [2.45, 2.75) is 19.4 Å². The number of hydrogen-bond acceptors (Lipinski definition) is 7. The molecule has 3 aromatic rings. The maximum atomic E-state index is 13.7. The van der Waals surface area contributed by atoms with Crippen molar-refractivity contribution in [2.75, 3.05) is 26.2 Å². The Bertz CT molecular complexity index is 1320. The van der Waals surface area contributed by atoms with Gasteiger partial charge in [-0.05, 0) is 36.0 Å². The molecule has 1 aliphatic rings. The number of nitro benzene ring substituents is 1. The standard InChI is InChI=1S/C22H21ClF3N7O2S/c23-18-7-5-16(6-8-18)14-29-9-11-30(12-10-29)15-31-21(36)32(20(28-31)22(24,25)26)27-13-17-3-1-2-4-19(17)33(34)35/h1-8,13H,9-12,14-15H2/b27-13+. The second-order valence-corrected chi connectivity index (χ2v) is 8.94. The van der Waals surface area contributed by atoms with Gasteiger partial charge < -0.3 is 0 Å². The summed E-state index contributed by atoms with van der Waals surface area (Å²) in [6.07, 6.45) is -3.85. The summed E-state index contributed by atoms with van der Waals surface area (Å²) in [5, 5.41) is 19.3. The SMILES string of the molecule is O=[N+]([O-])c1ccccc1/C=N/n1c(C(F)(F)F)nn(CN2CCN(Cc3ccc(Cl)cc3)CC2)c1=S. The number of halogens is 4. The molecule has 14 heteroatoms. The van der Waals surface area contributed by atoms with Crippen molar-refractivity contribution in [3.8, 4) is 0 Å². The third-order valence-electron chi connectivity index (χ3n) is 5.64. The van der Waals surface area contributed by atoms with Crippen LogP contribution in [-0.2, 0) is 19.4 Å². The molecule has 0 aliphatic carbocycles. The molecule has 2 heterocycles. The number of nitro groups is 1. The first-order chi connectivity index (χ1) is 17.1. The molecule has 0 bridgehead atoms. The summed E-state index contributed by atoms with van der Waals surface area (Å²) < 4.78 is 42.3. The van der Waals surface area contributed by atoms with Crippen molar-refractivity contribution in [3.05, 3.63) is 85.4 Å². The fourth-order valence-electron chi connectivity index (χ4n) is 3.78. The molecule has 0 amide bonds. The van der Waals surface area contributed by atoms with Crippen LogP contribution in [0, 0.1) is 14.9 Å². The molecule has 1 saturated heterocycles. The van der Waals surface area contributed by atoms with Gasteiger partial charge in [-0.3, -0.25) is 19.9 Å². The smallest absolute Gasteiger partial charge is 0.297 e. The zero-order valence-electron chi connectivity index (χ0n) is 18.8. The van der Waals surface area contributed by atoms with Crippen molar-refractivity contribution in [2.24, 2.45) is 5.10 Å². The van der Waals surface area contributed by atoms with Crippen LogP contribution in [-0.4, -0.2) is 61.6 Å². The second kappa shape index (κ2) is 10.9. The molecule has 9 nitrogen and oxygen atoms in total. The molecular weight excluding hydrogens is 519 g/mol. The van der Waals surface area contributed by atoms with E-state index in [4.69, 9.17) is 23.8 Å². The molecule has 1 aliphatic heterocycles. The van der Waals surface area contributed by atoms with E-state index in [0.717, 1.165) is 36.1 Å². The highest BCUT2D eigenvalue weighted by Gasteiger charge is 2.39. The summed E-state index contributed by atoms with van der Waals surface area (Å²) >= 11 is 11.2. The first kappa shape index (κ1) is 25.9. The largest absolute Gasteiger partial charge is 0.453 e. The number of alkyl halides is 3. The zero-order valence-corrected chi connectivity index (χ0v) is 20.4. The summed E-state index contributed by atoms with van der Waals surface area (Å²) in [4.78, 5) is 14.8. The van der Waals surface area contributed by atoms with E-state index in [9.17, 15) is 23.3 Å². The van der Waals surface area contributed by atoms with E-state index in [-0.39, 0.29) is 22.7 Å². The Kier molecular flexibility index (Phi) is 7.83. The van der Waals surface area contributed by atoms with E-state index in [2.05, 4.69) is 15.1 Å². The van der Waals surface area contributed by atoms with Crippen LogP contribution in [0.1, 0.15) is 17.0 Å². The van der Waals surface area contributed by atoms with Crippen LogP contribution in [0.4, 0.5) is 18.9 Å². The Morgan fingerprint density at radius 1 is 1.08 bits per heavy atom. The summed E-state index contributed by atoms with van der Waals surface area (Å²) in [7, 11) is 0. The van der Waals surface area contributed by atoms with Crippen LogP contribution < -0.4 is 0 Å². The first-order valence-electron chi connectivity index (χ1n) is 10.9. The quantitative estimate of drug-likeness (QED) is 0.188. The summed E-state index contributed by atoms with van der Waals surface area (Å²) in [6.45, 7) is 3.48. The van der Waals surface area contributed by atoms with E-state index in [1.807, 2.05) is 29.2 Å². The number of hydrogen-bond donors (Lipinski definition) is 0. The highest BCUT2D eigenvalue weighted by molar-refractivity contribution is 7.71. The predicted molar refractivity (Wildman–Crippen MR) is 130 cm³/mol. The lowest BCUT2D eigenvalue weighted by molar-refractivity contribution is -0.385. The fourth-order valence-corrected chi connectivity index (χ4v) is 4.14. The van der Waals surface area contributed by atoms with Gasteiger partial charge in [0.1, 0.15) is 0 Å². The summed E-state index contributed by atoms with van der Waals surface area (Å²) in [5.41, 5.74) is 0.882. The van der Waals surface area contributed by atoms with Crippen LogP contribution in [0.2, 0.25) is 5.02 Å². The van der Waals surface area contributed by atoms with Gasteiger partial charge in [0.25, 0.3) is 11.5 Å². The second-order valence-electron chi connectivity index (χ2n) is 8.14. The van der Waals surface area contributed by atoms with Gasteiger partial charge in [0.2, 0.25) is 4.77 Å². The fraction of sp³-hybridized carbons (Fsp3) is 0.318. The molecule has 0 saturated carbocycles. The number of para-hydroxylation sites is 1. The highest BCUT2D eigenvalue weighted by Crippen LogP contribution is 2.28. The number of aromatic nitrogens is 3. The predicted octanol–water partition coefficient (Wildman–Crippen LogP) is 4.65. The van der Waals surface area contributed by atoms with Gasteiger partial charge >= 0.3 is 6.18 Å². The van der Waals surface area contributed by atoms with Crippen LogP contribution in [0.15, 0.2) is 53.6 Å². The summed E-state index contributed by atoms with van der Waals surface area (Å²) in [5.74, 6) is -1.30. The lowest BCUT2D eigenvalue weighted by Gasteiger charge is -2.34. The topological polar surface area (TPSA) is 84.7 Å². The van der Waals surface area contributed by atoms with Gasteiger partial charge in [0.15, 0.2) is 0 Å². The Morgan fingerprint density at radius 3 is 2.36 bits per heavy atom. The molecular formula is C22H21ClF3N7O2S. The molecule has 1 fully saturated rings. The Labute approximate surface area is 214 Å². The van der Waals surface area contributed by atoms with Crippen LogP contribution >= 0.6 is 23.8 Å². The van der Waals surface area contributed by atoms with Crippen molar-refractivity contribution in [3.63, 3.8) is 0 Å². The monoisotopic (exact) mass is 539 g/mol. The van der Waals surface area contributed by atoms with Crippen LogP contribution in [0.25, 0.3) is 0 Å². The minimum atomic E-state index is -4.82. The minimum absolute atomic E-state index is 0.0436. The highest BCUT2D eigenvalue weighted by atomic mass is 35.5. The number of nitrogens with zero attached hydrogens (tertiary/aromatic N) is 7. The van der Waals surface area contributed by atoms with Crippen molar-refractivity contribution >= 4 is 35.7 Å². The van der Waals surface area contributed by atoms with E-state index >= 15 is 0 Å². The summed E-state index contributed by atoms with van der Waals surface area (Å²) in [6, 6.07) is 13.2. The van der Waals surface area contributed by atoms with Crippen molar-refractivity contribution < 1.29 is 18.1 Å². The van der Waals surface area contributed by atoms with Crippen molar-refractivity contribution in [1.29, 1.82) is 0 Å². The number of piperazine rings is 1. The molecule has 0 spiro atoms. The third-order valence-corrected chi connectivity index (χ3v) is 6.27. The Balaban J connectivity index is 1.48. The molecule has 0 N–H and O–H groups in total. The van der Waals surface area contributed by atoms with Gasteiger partial charge in [0, 0.05) is 43.8 Å². The first-order valence-corrected chi connectivity index (χ1v) is 11.6. The van der Waals surface area contributed by atoms with Gasteiger partial charge in [-0.15, -0.1) is 5.10 Å². The maximum Gasteiger partial charge on any atom is 0.453 e. The zero-order chi connectivity index (χ0) is 25.9. The van der Waals surface area contributed by atoms with Gasteiger partial charge in [0.05, 0.1) is 23.4 Å². The minimum Gasteiger partial charge on any atom is -0.297 e. The number of benzene rings is 2. The molecule has 190 valence electrons. The van der Waals surface area contributed by atoms with E-state index in [0.29, 0.717) is 22.8 Å². The number of rotatable bonds is 7. The van der Waals surface area contributed by atoms with Gasteiger partial charge in [-0.2, -0.15) is 22.9 Å². The van der Waals surface area contributed by atoms with Crippen LogP contribution in [0.5, 0.6) is 0 Å². The normalized spacial score (nSPS) is 15.6. The molecule has 36 heavy (non-hydrogen) atoms. The Morgan fingerprint density at radius 2 is 1.72 bits per heavy atom. The lowest BCUT2D eigenvalue weighted by atomic mass is 10.2. The van der Waals surface area contributed by atoms with Gasteiger partial charge in [-0.25, -0.2) is 4.68 Å². The maximum absolute atomic E-state index is 13.7. The van der Waals surface area contributed by atoms with Gasteiger partial charge in [-0.1, -0.05) is 35.9 Å². The third kappa shape index (κ3) is 6.16. The molecule has 0 radical (unpaired) electrons. The average Bonchev–Trinajstić information content (AvgIpc) is 3.16. The molecule has 0 unspecified atom stereocenters. The lowest BCUT2D eigenvalue weighted by Crippen LogP contribution is -2.46. The molecule has 2 aromatic carbocycles. The van der Waals surface area contributed by atoms with Crippen molar-refractivity contribution in [1.82, 2.24) is 24.3 Å². The van der Waals surface area contributed by atoms with E-state index < -0.39 is 16.9 Å². The molecule has 1 aromatic heterocycles. The van der Waals surface area contributed by atoms with Crippen LogP contribution in [0.3, 0.4) is 0 Å². The van der Waals surface area contributed by atoms with E-state index in [1.54, 1.807) is 0 Å². The van der Waals surface area contributed by atoms with E-state index in [1.165, 1.54) is 24.3 Å².